The number of rotatable bonds is 7. The first-order valence-electron chi connectivity index (χ1n) is 6.72. The van der Waals surface area contributed by atoms with E-state index in [0.717, 1.165) is 16.4 Å². The molecule has 0 bridgehead atoms. The zero-order valence-corrected chi connectivity index (χ0v) is 13.1. The van der Waals surface area contributed by atoms with Gasteiger partial charge in [0.05, 0.1) is 20.1 Å². The van der Waals surface area contributed by atoms with E-state index in [4.69, 9.17) is 9.47 Å². The first kappa shape index (κ1) is 15.4. The topological polar surface area (TPSA) is 38.8 Å². The van der Waals surface area contributed by atoms with Crippen LogP contribution in [0.15, 0.2) is 41.8 Å². The Morgan fingerprint density at radius 2 is 1.90 bits per heavy atom. The Morgan fingerprint density at radius 3 is 2.52 bits per heavy atom. The van der Waals surface area contributed by atoms with E-state index >= 15 is 0 Å². The Hall–Kier alpha value is -2.01. The van der Waals surface area contributed by atoms with E-state index in [9.17, 15) is 4.79 Å². The van der Waals surface area contributed by atoms with Crippen molar-refractivity contribution in [3.05, 3.63) is 46.7 Å². The van der Waals surface area contributed by atoms with Crippen molar-refractivity contribution in [2.24, 2.45) is 0 Å². The van der Waals surface area contributed by atoms with Crippen molar-refractivity contribution in [2.45, 2.75) is 6.42 Å². The molecule has 1 amide bonds. The van der Waals surface area contributed by atoms with E-state index in [2.05, 4.69) is 0 Å². The summed E-state index contributed by atoms with van der Waals surface area (Å²) in [6.45, 7) is 1.04. The van der Waals surface area contributed by atoms with Crippen LogP contribution in [0.4, 0.5) is 0 Å². The molecule has 0 saturated heterocycles. The van der Waals surface area contributed by atoms with Crippen molar-refractivity contribution < 1.29 is 14.3 Å². The number of carbonyl (C=O) groups excluding carboxylic acids is 1. The summed E-state index contributed by atoms with van der Waals surface area (Å²) in [5.41, 5.74) is 0. The molecule has 4 nitrogen and oxygen atoms in total. The number of amides is 1. The van der Waals surface area contributed by atoms with Crippen molar-refractivity contribution in [1.29, 1.82) is 0 Å². The van der Waals surface area contributed by atoms with Gasteiger partial charge < -0.3 is 14.4 Å². The summed E-state index contributed by atoms with van der Waals surface area (Å²) in [4.78, 5) is 14.8. The Bertz CT molecular complexity index is 551. The van der Waals surface area contributed by atoms with Gasteiger partial charge in [0.25, 0.3) is 0 Å². The van der Waals surface area contributed by atoms with E-state index in [1.807, 2.05) is 41.8 Å². The molecule has 0 aliphatic carbocycles. The Morgan fingerprint density at radius 1 is 1.19 bits per heavy atom. The SMILES string of the molecule is COc1ccc(OCCN(C)C(=O)Cc2cccs2)cc1. The van der Waals surface area contributed by atoms with Gasteiger partial charge in [-0.15, -0.1) is 11.3 Å². The van der Waals surface area contributed by atoms with Gasteiger partial charge in [0, 0.05) is 11.9 Å². The first-order chi connectivity index (χ1) is 10.2. The van der Waals surface area contributed by atoms with Gasteiger partial charge in [-0.3, -0.25) is 4.79 Å². The highest BCUT2D eigenvalue weighted by atomic mass is 32.1. The number of nitrogens with zero attached hydrogens (tertiary/aromatic N) is 1. The Balaban J connectivity index is 1.73. The molecule has 0 unspecified atom stereocenters. The smallest absolute Gasteiger partial charge is 0.227 e. The minimum absolute atomic E-state index is 0.107. The molecule has 1 aromatic heterocycles. The van der Waals surface area contributed by atoms with Crippen LogP contribution in [-0.4, -0.2) is 38.1 Å². The van der Waals surface area contributed by atoms with Crippen LogP contribution in [-0.2, 0) is 11.2 Å². The molecule has 0 radical (unpaired) electrons. The van der Waals surface area contributed by atoms with Crippen LogP contribution in [0, 0.1) is 0 Å². The predicted octanol–water partition coefficient (Wildman–Crippen LogP) is 2.84. The summed E-state index contributed by atoms with van der Waals surface area (Å²) in [6, 6.07) is 11.3. The van der Waals surface area contributed by atoms with Crippen LogP contribution in [0.1, 0.15) is 4.88 Å². The van der Waals surface area contributed by atoms with Gasteiger partial charge >= 0.3 is 0 Å². The molecule has 0 aliphatic heterocycles. The van der Waals surface area contributed by atoms with Gasteiger partial charge in [0.15, 0.2) is 0 Å². The lowest BCUT2D eigenvalue weighted by Crippen LogP contribution is -2.31. The van der Waals surface area contributed by atoms with Gasteiger partial charge in [-0.25, -0.2) is 0 Å². The summed E-state index contributed by atoms with van der Waals surface area (Å²) in [5, 5.41) is 1.98. The van der Waals surface area contributed by atoms with Crippen LogP contribution in [0.2, 0.25) is 0 Å². The molecule has 0 N–H and O–H groups in total. The maximum atomic E-state index is 12.0. The molecule has 0 aliphatic rings. The van der Waals surface area contributed by atoms with Crippen LogP contribution < -0.4 is 9.47 Å². The summed E-state index contributed by atoms with van der Waals surface area (Å²) >= 11 is 1.60. The summed E-state index contributed by atoms with van der Waals surface area (Å²) in [5.74, 6) is 1.68. The van der Waals surface area contributed by atoms with Crippen LogP contribution in [0.3, 0.4) is 0 Å². The lowest BCUT2D eigenvalue weighted by molar-refractivity contribution is -0.129. The van der Waals surface area contributed by atoms with Gasteiger partial charge in [-0.1, -0.05) is 6.07 Å². The number of ether oxygens (including phenoxy) is 2. The third-order valence-corrected chi connectivity index (χ3v) is 3.96. The summed E-state index contributed by atoms with van der Waals surface area (Å²) in [7, 11) is 3.43. The fourth-order valence-electron chi connectivity index (χ4n) is 1.79. The molecule has 1 aromatic carbocycles. The van der Waals surface area contributed by atoms with Crippen LogP contribution in [0.25, 0.3) is 0 Å². The van der Waals surface area contributed by atoms with Gasteiger partial charge in [0.1, 0.15) is 18.1 Å². The van der Waals surface area contributed by atoms with E-state index in [1.165, 1.54) is 0 Å². The maximum Gasteiger partial charge on any atom is 0.227 e. The van der Waals surface area contributed by atoms with Crippen molar-refractivity contribution in [1.82, 2.24) is 4.90 Å². The highest BCUT2D eigenvalue weighted by molar-refractivity contribution is 7.10. The molecular weight excluding hydrogens is 286 g/mol. The minimum atomic E-state index is 0.107. The quantitative estimate of drug-likeness (QED) is 0.789. The average molecular weight is 305 g/mol. The van der Waals surface area contributed by atoms with E-state index in [0.29, 0.717) is 19.6 Å². The number of carbonyl (C=O) groups is 1. The Labute approximate surface area is 128 Å². The molecule has 0 fully saturated rings. The summed E-state index contributed by atoms with van der Waals surface area (Å²) < 4.78 is 10.7. The second-order valence-electron chi connectivity index (χ2n) is 4.60. The zero-order valence-electron chi connectivity index (χ0n) is 12.2. The second-order valence-corrected chi connectivity index (χ2v) is 5.63. The van der Waals surface area contributed by atoms with Crippen molar-refractivity contribution in [3.63, 3.8) is 0 Å². The Kier molecular flexibility index (Phi) is 5.63. The normalized spacial score (nSPS) is 10.2. The number of hydrogen-bond acceptors (Lipinski definition) is 4. The molecular formula is C16H19NO3S. The fraction of sp³-hybridized carbons (Fsp3) is 0.312. The number of likely N-dealkylation sites (N-methyl/N-ethyl adjacent to an activating group) is 1. The highest BCUT2D eigenvalue weighted by Gasteiger charge is 2.10. The number of benzene rings is 1. The zero-order chi connectivity index (χ0) is 15.1. The van der Waals surface area contributed by atoms with Gasteiger partial charge in [-0.2, -0.15) is 0 Å². The second kappa shape index (κ2) is 7.69. The van der Waals surface area contributed by atoms with Crippen molar-refractivity contribution in [2.75, 3.05) is 27.3 Å². The van der Waals surface area contributed by atoms with Crippen molar-refractivity contribution in [3.8, 4) is 11.5 Å². The summed E-state index contributed by atoms with van der Waals surface area (Å²) in [6.07, 6.45) is 0.455. The van der Waals surface area contributed by atoms with Crippen LogP contribution in [0.5, 0.6) is 11.5 Å². The average Bonchev–Trinajstić information content (AvgIpc) is 3.00. The molecule has 21 heavy (non-hydrogen) atoms. The fourth-order valence-corrected chi connectivity index (χ4v) is 2.49. The largest absolute Gasteiger partial charge is 0.497 e. The minimum Gasteiger partial charge on any atom is -0.497 e. The lowest BCUT2D eigenvalue weighted by atomic mass is 10.3. The predicted molar refractivity (Wildman–Crippen MR) is 84.1 cm³/mol. The van der Waals surface area contributed by atoms with E-state index in [1.54, 1.807) is 30.4 Å². The monoisotopic (exact) mass is 305 g/mol. The molecule has 2 aromatic rings. The van der Waals surface area contributed by atoms with E-state index < -0.39 is 0 Å². The van der Waals surface area contributed by atoms with Crippen LogP contribution >= 0.6 is 11.3 Å². The van der Waals surface area contributed by atoms with E-state index in [-0.39, 0.29) is 5.91 Å². The lowest BCUT2D eigenvalue weighted by Gasteiger charge is -2.17. The number of methoxy groups -OCH3 is 1. The van der Waals surface area contributed by atoms with Crippen molar-refractivity contribution >= 4 is 17.2 Å². The molecule has 1 heterocycles. The molecule has 0 atom stereocenters. The standard InChI is InChI=1S/C16H19NO3S/c1-17(16(18)12-15-4-3-11-21-15)9-10-20-14-7-5-13(19-2)6-8-14/h3-8,11H,9-10,12H2,1-2H3. The molecule has 0 saturated carbocycles. The number of thiophene rings is 1. The molecule has 5 heteroatoms. The molecule has 112 valence electrons. The highest BCUT2D eigenvalue weighted by Crippen LogP contribution is 2.17. The molecule has 2 rings (SSSR count). The van der Waals surface area contributed by atoms with Gasteiger partial charge in [-0.05, 0) is 35.7 Å². The van der Waals surface area contributed by atoms with Gasteiger partial charge in [0.2, 0.25) is 5.91 Å². The maximum absolute atomic E-state index is 12.0. The number of hydrogen-bond donors (Lipinski definition) is 0. The third kappa shape index (κ3) is 4.79. The molecule has 0 spiro atoms. The third-order valence-electron chi connectivity index (χ3n) is 3.09. The first-order valence-corrected chi connectivity index (χ1v) is 7.60.